The van der Waals surface area contributed by atoms with Crippen LogP contribution in [0.1, 0.15) is 36.9 Å². The van der Waals surface area contributed by atoms with E-state index in [4.69, 9.17) is 25.3 Å². The number of phosphoric acid groups is 3. The number of ether oxygens (including phenoxy) is 1. The molecule has 57 heavy (non-hydrogen) atoms. The first-order valence-electron chi connectivity index (χ1n) is 16.4. The molecule has 0 saturated carbocycles. The van der Waals surface area contributed by atoms with Crippen LogP contribution >= 0.6 is 35.2 Å². The molecule has 1 aromatic carbocycles. The largest absolute Gasteiger partial charge is 0.481 e. The maximum atomic E-state index is 12.7. The Kier molecular flexibility index (Phi) is 15.5. The molecule has 0 bridgehead atoms. The Labute approximate surface area is 327 Å². The van der Waals surface area contributed by atoms with E-state index in [1.54, 1.807) is 24.3 Å². The average Bonchev–Trinajstić information content (AvgIpc) is 3.68. The van der Waals surface area contributed by atoms with Crippen LogP contribution in [0.25, 0.3) is 11.2 Å². The van der Waals surface area contributed by atoms with Gasteiger partial charge in [-0.1, -0.05) is 37.7 Å². The van der Waals surface area contributed by atoms with Gasteiger partial charge in [-0.2, -0.15) is 4.31 Å². The van der Waals surface area contributed by atoms with E-state index >= 15 is 0 Å². The number of aliphatic hydroxyl groups is 2. The average molecular weight is 887 g/mol. The third kappa shape index (κ3) is 13.0. The van der Waals surface area contributed by atoms with E-state index in [0.29, 0.717) is 11.3 Å². The Morgan fingerprint density at radius 1 is 1.02 bits per heavy atom. The number of aliphatic hydroxyl groups excluding tert-OH is 2. The number of benzene rings is 1. The van der Waals surface area contributed by atoms with Crippen LogP contribution in [0.4, 0.5) is 11.5 Å². The number of nitrogens with one attached hydrogen (secondary N) is 2. The molecule has 0 aliphatic carbocycles. The van der Waals surface area contributed by atoms with Gasteiger partial charge >= 0.3 is 23.5 Å². The Bertz CT molecular complexity index is 2070. The lowest BCUT2D eigenvalue weighted by Gasteiger charge is -2.30. The summed E-state index contributed by atoms with van der Waals surface area (Å²) in [6.45, 7) is 0.364. The second-order valence-corrected chi connectivity index (χ2v) is 18.1. The van der Waals surface area contributed by atoms with Gasteiger partial charge in [-0.05, 0) is 12.1 Å². The summed E-state index contributed by atoms with van der Waals surface area (Å²) in [6.07, 6.45) is -6.99. The van der Waals surface area contributed by atoms with Gasteiger partial charge in [0.25, 0.3) is 0 Å². The number of carbonyl (C=O) groups excluding carboxylic acids is 3. The van der Waals surface area contributed by atoms with E-state index in [0.717, 1.165) is 29.0 Å². The summed E-state index contributed by atoms with van der Waals surface area (Å²) in [5.74, 6) is -1.26. The molecular weight excluding hydrogens is 845 g/mol. The van der Waals surface area contributed by atoms with Gasteiger partial charge in [0.15, 0.2) is 17.7 Å². The molecule has 316 valence electrons. The molecule has 2 aromatic heterocycles. The Morgan fingerprint density at radius 3 is 2.39 bits per heavy atom. The summed E-state index contributed by atoms with van der Waals surface area (Å²) in [7, 11) is -16.4. The second-order valence-electron chi connectivity index (χ2n) is 12.8. The number of amides is 2. The van der Waals surface area contributed by atoms with Crippen molar-refractivity contribution in [2.24, 2.45) is 5.41 Å². The van der Waals surface area contributed by atoms with Gasteiger partial charge in [0.1, 0.15) is 36.3 Å². The maximum absolute atomic E-state index is 12.7. The summed E-state index contributed by atoms with van der Waals surface area (Å²) >= 11 is 0.957. The molecule has 29 heteroatoms. The van der Waals surface area contributed by atoms with Gasteiger partial charge in [-0.3, -0.25) is 32.5 Å². The minimum absolute atomic E-state index is 0.0265. The summed E-state index contributed by atoms with van der Waals surface area (Å²) < 4.78 is 62.1. The summed E-state index contributed by atoms with van der Waals surface area (Å²) in [5.41, 5.74) is 10.7. The molecule has 0 spiro atoms. The highest BCUT2D eigenvalue weighted by molar-refractivity contribution is 8.14. The van der Waals surface area contributed by atoms with Gasteiger partial charge in [-0.15, -0.1) is 0 Å². The molecule has 2 amide bonds. The number of carbonyl (C=O) groups is 3. The van der Waals surface area contributed by atoms with Crippen LogP contribution in [0.5, 0.6) is 0 Å². The first-order chi connectivity index (χ1) is 26.5. The van der Waals surface area contributed by atoms with E-state index in [1.807, 2.05) is 0 Å². The number of hydrogen-bond acceptors (Lipinski definition) is 19. The lowest BCUT2D eigenvalue weighted by Crippen LogP contribution is -2.46. The van der Waals surface area contributed by atoms with E-state index < -0.39 is 84.6 Å². The number of anilines is 2. The Hall–Kier alpha value is -3.42. The molecule has 12 N–H and O–H groups in total. The quantitative estimate of drug-likeness (QED) is 0.0390. The van der Waals surface area contributed by atoms with Crippen LogP contribution in [0.2, 0.25) is 0 Å². The minimum Gasteiger partial charge on any atom is -0.398 e. The van der Waals surface area contributed by atoms with Crippen molar-refractivity contribution < 1.29 is 80.5 Å². The summed E-state index contributed by atoms with van der Waals surface area (Å²) in [4.78, 5) is 87.9. The predicted octanol–water partition coefficient (Wildman–Crippen LogP) is -0.439. The standard InChI is InChI=1S/C28H41N8O17P3S/c1-28(2,22(39)25(40)32-8-7-18(37)31-9-10-57-27(41)15-5-3-4-6-16(15)29)12-50-56(47,48)53-55(45,46)49-11-17-21(52-54(42,43)44)20(38)26(51-17)36-14-35-19-23(30)33-13-34-24(19)36/h3-6,13-14,17,20-22,26,38-39H,7-12,29H2,1-2H3,(H,31,37)(H,32,40)(H,45,46)(H,47,48)(H2,30,33,34)(H2,42,43,44). The molecule has 1 fully saturated rings. The van der Waals surface area contributed by atoms with Crippen molar-refractivity contribution in [1.82, 2.24) is 30.2 Å². The van der Waals surface area contributed by atoms with Crippen molar-refractivity contribution in [3.05, 3.63) is 42.5 Å². The number of phosphoric ester groups is 3. The molecule has 3 heterocycles. The zero-order chi connectivity index (χ0) is 42.3. The maximum Gasteiger partial charge on any atom is 0.481 e. The first-order valence-corrected chi connectivity index (χ1v) is 21.9. The zero-order valence-electron chi connectivity index (χ0n) is 30.0. The number of aromatic nitrogens is 4. The van der Waals surface area contributed by atoms with Crippen LogP contribution in [0.15, 0.2) is 36.9 Å². The number of fused-ring (bicyclic) bond motifs is 1. The smallest absolute Gasteiger partial charge is 0.398 e. The van der Waals surface area contributed by atoms with Crippen molar-refractivity contribution in [2.45, 2.75) is 50.9 Å². The molecule has 4 rings (SSSR count). The van der Waals surface area contributed by atoms with Gasteiger partial charge < -0.3 is 56.6 Å². The molecular formula is C28H41N8O17P3S. The number of thioether (sulfide) groups is 1. The Balaban J connectivity index is 1.23. The predicted molar refractivity (Wildman–Crippen MR) is 197 cm³/mol. The van der Waals surface area contributed by atoms with Gasteiger partial charge in [0, 0.05) is 36.4 Å². The third-order valence-electron chi connectivity index (χ3n) is 7.92. The highest BCUT2D eigenvalue weighted by atomic mass is 32.2. The molecule has 0 radical (unpaired) electrons. The fraction of sp³-hybridized carbons (Fsp3) is 0.500. The second kappa shape index (κ2) is 19.1. The van der Waals surface area contributed by atoms with E-state index in [2.05, 4.69) is 34.4 Å². The Morgan fingerprint density at radius 2 is 1.70 bits per heavy atom. The van der Waals surface area contributed by atoms with Gasteiger partial charge in [0.05, 0.1) is 25.1 Å². The van der Waals surface area contributed by atoms with Crippen molar-refractivity contribution in [1.29, 1.82) is 0 Å². The van der Waals surface area contributed by atoms with Crippen molar-refractivity contribution in [3.8, 4) is 0 Å². The number of imidazole rings is 1. The number of nitrogens with zero attached hydrogens (tertiary/aromatic N) is 4. The number of nitrogens with two attached hydrogens (primary N) is 2. The van der Waals surface area contributed by atoms with Crippen LogP contribution in [-0.4, -0.2) is 123 Å². The van der Waals surface area contributed by atoms with Crippen LogP contribution < -0.4 is 22.1 Å². The zero-order valence-corrected chi connectivity index (χ0v) is 33.5. The monoisotopic (exact) mass is 886 g/mol. The van der Waals surface area contributed by atoms with Gasteiger partial charge in [-0.25, -0.2) is 28.6 Å². The normalized spacial score (nSPS) is 21.4. The molecule has 1 aliphatic rings. The number of hydrogen-bond donors (Lipinski definition) is 10. The first kappa shape index (κ1) is 46.3. The lowest BCUT2D eigenvalue weighted by atomic mass is 9.87. The highest BCUT2D eigenvalue weighted by Gasteiger charge is 2.50. The fourth-order valence-electron chi connectivity index (χ4n) is 5.03. The van der Waals surface area contributed by atoms with Crippen molar-refractivity contribution >= 4 is 74.8 Å². The number of nitrogen functional groups attached to an aromatic ring is 2. The van der Waals surface area contributed by atoms with Crippen molar-refractivity contribution in [2.75, 3.05) is 43.5 Å². The van der Waals surface area contributed by atoms with Crippen LogP contribution in [0.3, 0.4) is 0 Å². The summed E-state index contributed by atoms with van der Waals surface area (Å²) in [5, 5.41) is 26.1. The molecule has 25 nitrogen and oxygen atoms in total. The fourth-order valence-corrected chi connectivity index (χ4v) is 8.59. The molecule has 7 unspecified atom stereocenters. The number of para-hydroxylation sites is 1. The summed E-state index contributed by atoms with van der Waals surface area (Å²) in [6, 6.07) is 6.54. The molecule has 3 aromatic rings. The molecule has 1 saturated heterocycles. The molecule has 1 aliphatic heterocycles. The molecule has 7 atom stereocenters. The van der Waals surface area contributed by atoms with E-state index in [1.165, 1.54) is 13.8 Å². The van der Waals surface area contributed by atoms with E-state index in [-0.39, 0.29) is 47.4 Å². The van der Waals surface area contributed by atoms with Crippen LogP contribution in [0, 0.1) is 5.41 Å². The number of rotatable bonds is 20. The lowest BCUT2D eigenvalue weighted by molar-refractivity contribution is -0.137. The highest BCUT2D eigenvalue weighted by Crippen LogP contribution is 2.61. The SMILES string of the molecule is CC(C)(COP(=O)(O)OP(=O)(O)OCC1OC(n2cnc3c(N)ncnc32)C(O)C1OP(=O)(O)O)C(O)C(=O)NCCC(=O)NCCSC(=O)c1ccccc1N. The van der Waals surface area contributed by atoms with Crippen molar-refractivity contribution in [3.63, 3.8) is 0 Å². The van der Waals surface area contributed by atoms with Gasteiger partial charge in [0.2, 0.25) is 16.9 Å². The third-order valence-corrected chi connectivity index (χ3v) is 11.9. The topological polar surface area (TPSA) is 390 Å². The van der Waals surface area contributed by atoms with Crippen LogP contribution in [-0.2, 0) is 45.9 Å². The minimum atomic E-state index is -5.58. The van der Waals surface area contributed by atoms with E-state index in [9.17, 15) is 57.9 Å².